The second-order valence-electron chi connectivity index (χ2n) is 5.00. The van der Waals surface area contributed by atoms with E-state index in [0.29, 0.717) is 24.4 Å². The van der Waals surface area contributed by atoms with Crippen molar-refractivity contribution in [1.29, 1.82) is 0 Å². The minimum Gasteiger partial charge on any atom is -0.481 e. The number of carbonyl (C=O) groups excluding carboxylic acids is 1. The molecule has 0 aromatic carbocycles. The fourth-order valence-corrected chi connectivity index (χ4v) is 3.24. The van der Waals surface area contributed by atoms with Gasteiger partial charge in [0.05, 0.1) is 10.8 Å². The van der Waals surface area contributed by atoms with Crippen LogP contribution < -0.4 is 0 Å². The molecule has 0 spiro atoms. The number of carbonyl (C=O) groups is 2. The Kier molecular flexibility index (Phi) is 3.71. The molecule has 1 aliphatic rings. The van der Waals surface area contributed by atoms with Gasteiger partial charge in [-0.1, -0.05) is 6.92 Å². The average Bonchev–Trinajstić information content (AvgIpc) is 2.74. The molecule has 2 heterocycles. The van der Waals surface area contributed by atoms with Gasteiger partial charge in [0.15, 0.2) is 0 Å². The molecule has 2 unspecified atom stereocenters. The predicted octanol–water partition coefficient (Wildman–Crippen LogP) is 2.24. The molecule has 0 radical (unpaired) electrons. The lowest BCUT2D eigenvalue weighted by Gasteiger charge is -2.34. The third kappa shape index (κ3) is 2.72. The maximum absolute atomic E-state index is 12.3. The van der Waals surface area contributed by atoms with Crippen LogP contribution in [0.3, 0.4) is 0 Å². The van der Waals surface area contributed by atoms with Crippen LogP contribution in [0.15, 0.2) is 12.1 Å². The van der Waals surface area contributed by atoms with Crippen LogP contribution in [-0.2, 0) is 4.79 Å². The first-order chi connectivity index (χ1) is 8.47. The van der Waals surface area contributed by atoms with Crippen LogP contribution in [0.1, 0.15) is 27.9 Å². The smallest absolute Gasteiger partial charge is 0.308 e. The number of aryl methyl sites for hydroxylation is 1. The second kappa shape index (κ2) is 5.10. The van der Waals surface area contributed by atoms with Gasteiger partial charge in [-0.15, -0.1) is 11.3 Å². The Morgan fingerprint density at radius 3 is 2.67 bits per heavy atom. The molecule has 2 rings (SSSR count). The van der Waals surface area contributed by atoms with Gasteiger partial charge in [0, 0.05) is 18.0 Å². The van der Waals surface area contributed by atoms with Crippen molar-refractivity contribution in [3.8, 4) is 0 Å². The standard InChI is InChI=1S/C13H17NO3S/c1-8-5-10(13(16)17)7-14(6-8)12(15)11-4-3-9(2)18-11/h3-4,8,10H,5-7H2,1-2H3,(H,16,17). The number of likely N-dealkylation sites (tertiary alicyclic amines) is 1. The quantitative estimate of drug-likeness (QED) is 0.894. The van der Waals surface area contributed by atoms with Gasteiger partial charge in [-0.2, -0.15) is 0 Å². The summed E-state index contributed by atoms with van der Waals surface area (Å²) in [5.74, 6) is -1.03. The molecular formula is C13H17NO3S. The Morgan fingerprint density at radius 2 is 2.11 bits per heavy atom. The summed E-state index contributed by atoms with van der Waals surface area (Å²) in [6.07, 6.45) is 0.655. The Morgan fingerprint density at radius 1 is 1.39 bits per heavy atom. The molecular weight excluding hydrogens is 250 g/mol. The van der Waals surface area contributed by atoms with Gasteiger partial charge in [0.25, 0.3) is 5.91 Å². The summed E-state index contributed by atoms with van der Waals surface area (Å²) in [6.45, 7) is 4.93. The number of amides is 1. The first-order valence-electron chi connectivity index (χ1n) is 6.06. The third-order valence-corrected chi connectivity index (χ3v) is 4.24. The van der Waals surface area contributed by atoms with Gasteiger partial charge >= 0.3 is 5.97 Å². The molecule has 5 heteroatoms. The minimum absolute atomic E-state index is 0.0362. The summed E-state index contributed by atoms with van der Waals surface area (Å²) in [5.41, 5.74) is 0. The van der Waals surface area contributed by atoms with Gasteiger partial charge in [0.1, 0.15) is 0 Å². The molecule has 1 N–H and O–H groups in total. The molecule has 98 valence electrons. The van der Waals surface area contributed by atoms with E-state index in [0.717, 1.165) is 4.88 Å². The number of hydrogen-bond acceptors (Lipinski definition) is 3. The monoisotopic (exact) mass is 267 g/mol. The van der Waals surface area contributed by atoms with E-state index in [-0.39, 0.29) is 11.8 Å². The van der Waals surface area contributed by atoms with Crippen molar-refractivity contribution in [2.24, 2.45) is 11.8 Å². The lowest BCUT2D eigenvalue weighted by Crippen LogP contribution is -2.45. The molecule has 1 aliphatic heterocycles. The largest absolute Gasteiger partial charge is 0.481 e. The highest BCUT2D eigenvalue weighted by Gasteiger charge is 2.32. The van der Waals surface area contributed by atoms with Crippen molar-refractivity contribution in [1.82, 2.24) is 4.90 Å². The molecule has 1 fully saturated rings. The van der Waals surface area contributed by atoms with E-state index < -0.39 is 11.9 Å². The zero-order chi connectivity index (χ0) is 13.3. The highest BCUT2D eigenvalue weighted by molar-refractivity contribution is 7.13. The Balaban J connectivity index is 2.12. The fourth-order valence-electron chi connectivity index (χ4n) is 2.40. The molecule has 18 heavy (non-hydrogen) atoms. The van der Waals surface area contributed by atoms with E-state index in [4.69, 9.17) is 5.11 Å². The van der Waals surface area contributed by atoms with E-state index >= 15 is 0 Å². The summed E-state index contributed by atoms with van der Waals surface area (Å²) in [7, 11) is 0. The SMILES string of the molecule is Cc1ccc(C(=O)N2CC(C)CC(C(=O)O)C2)s1. The van der Waals surface area contributed by atoms with Crippen LogP contribution >= 0.6 is 11.3 Å². The number of aliphatic carboxylic acids is 1. The first kappa shape index (κ1) is 13.1. The van der Waals surface area contributed by atoms with Crippen molar-refractivity contribution in [3.63, 3.8) is 0 Å². The molecule has 0 bridgehead atoms. The number of carboxylic acids is 1. The lowest BCUT2D eigenvalue weighted by atomic mass is 9.90. The van der Waals surface area contributed by atoms with E-state index in [1.54, 1.807) is 4.90 Å². The minimum atomic E-state index is -0.804. The van der Waals surface area contributed by atoms with E-state index in [1.165, 1.54) is 11.3 Å². The maximum atomic E-state index is 12.3. The Hall–Kier alpha value is -1.36. The maximum Gasteiger partial charge on any atom is 0.308 e. The molecule has 1 amide bonds. The van der Waals surface area contributed by atoms with Crippen LogP contribution in [0.2, 0.25) is 0 Å². The van der Waals surface area contributed by atoms with Crippen LogP contribution in [0, 0.1) is 18.8 Å². The second-order valence-corrected chi connectivity index (χ2v) is 6.28. The summed E-state index contributed by atoms with van der Waals surface area (Å²) < 4.78 is 0. The average molecular weight is 267 g/mol. The highest BCUT2D eigenvalue weighted by Crippen LogP contribution is 2.25. The number of thiophene rings is 1. The van der Waals surface area contributed by atoms with Crippen molar-refractivity contribution in [2.45, 2.75) is 20.3 Å². The molecule has 0 saturated carbocycles. The van der Waals surface area contributed by atoms with Crippen molar-refractivity contribution in [2.75, 3.05) is 13.1 Å². The molecule has 0 aliphatic carbocycles. The van der Waals surface area contributed by atoms with Gasteiger partial charge in [0.2, 0.25) is 0 Å². The van der Waals surface area contributed by atoms with Gasteiger partial charge < -0.3 is 10.0 Å². The number of rotatable bonds is 2. The van der Waals surface area contributed by atoms with Crippen molar-refractivity contribution < 1.29 is 14.7 Å². The molecule has 1 saturated heterocycles. The summed E-state index contributed by atoms with van der Waals surface area (Å²) in [4.78, 5) is 26.8. The first-order valence-corrected chi connectivity index (χ1v) is 6.87. The summed E-state index contributed by atoms with van der Waals surface area (Å²) in [5, 5.41) is 9.09. The Bertz CT molecular complexity index is 469. The topological polar surface area (TPSA) is 57.6 Å². The van der Waals surface area contributed by atoms with Crippen LogP contribution in [0.5, 0.6) is 0 Å². The number of piperidine rings is 1. The third-order valence-electron chi connectivity index (χ3n) is 3.25. The van der Waals surface area contributed by atoms with Crippen LogP contribution in [-0.4, -0.2) is 35.0 Å². The molecule has 4 nitrogen and oxygen atoms in total. The van der Waals surface area contributed by atoms with E-state index in [9.17, 15) is 9.59 Å². The zero-order valence-corrected chi connectivity index (χ0v) is 11.4. The number of carboxylic acid groups (broad SMARTS) is 1. The van der Waals surface area contributed by atoms with Crippen molar-refractivity contribution in [3.05, 3.63) is 21.9 Å². The van der Waals surface area contributed by atoms with Gasteiger partial charge in [-0.25, -0.2) is 0 Å². The Labute approximate surface area is 110 Å². The molecule has 1 aromatic heterocycles. The number of nitrogens with zero attached hydrogens (tertiary/aromatic N) is 1. The highest BCUT2D eigenvalue weighted by atomic mass is 32.1. The van der Waals surface area contributed by atoms with E-state index in [2.05, 4.69) is 0 Å². The van der Waals surface area contributed by atoms with Crippen LogP contribution in [0.4, 0.5) is 0 Å². The van der Waals surface area contributed by atoms with Crippen molar-refractivity contribution >= 4 is 23.2 Å². The summed E-state index contributed by atoms with van der Waals surface area (Å²) in [6, 6.07) is 3.73. The van der Waals surface area contributed by atoms with Gasteiger partial charge in [-0.3, -0.25) is 9.59 Å². The van der Waals surface area contributed by atoms with E-state index in [1.807, 2.05) is 26.0 Å². The summed E-state index contributed by atoms with van der Waals surface area (Å²) >= 11 is 1.46. The van der Waals surface area contributed by atoms with Crippen LogP contribution in [0.25, 0.3) is 0 Å². The fraction of sp³-hybridized carbons (Fsp3) is 0.538. The lowest BCUT2D eigenvalue weighted by molar-refractivity contribution is -0.143. The molecule has 1 aromatic rings. The normalized spacial score (nSPS) is 24.0. The van der Waals surface area contributed by atoms with Gasteiger partial charge in [-0.05, 0) is 31.4 Å². The number of hydrogen-bond donors (Lipinski definition) is 1. The predicted molar refractivity (Wildman–Crippen MR) is 69.9 cm³/mol. The zero-order valence-electron chi connectivity index (χ0n) is 10.5. The molecule has 2 atom stereocenters.